The van der Waals surface area contributed by atoms with Gasteiger partial charge in [0.15, 0.2) is 0 Å². The van der Waals surface area contributed by atoms with E-state index in [0.29, 0.717) is 35.5 Å². The largest absolute Gasteiger partial charge is 0.338 e. The summed E-state index contributed by atoms with van der Waals surface area (Å²) in [7, 11) is 0. The molecule has 3 aromatic rings. The molecule has 2 aromatic carbocycles. The highest BCUT2D eigenvalue weighted by Crippen LogP contribution is 2.29. The van der Waals surface area contributed by atoms with Gasteiger partial charge in [-0.25, -0.2) is 8.78 Å². The lowest BCUT2D eigenvalue weighted by atomic mass is 9.91. The van der Waals surface area contributed by atoms with E-state index in [1.54, 1.807) is 24.3 Å². The van der Waals surface area contributed by atoms with E-state index in [0.717, 1.165) is 5.56 Å². The summed E-state index contributed by atoms with van der Waals surface area (Å²) in [6.07, 6.45) is -0.621. The second-order valence-corrected chi connectivity index (χ2v) is 7.54. The molecular weight excluding hydrogens is 390 g/mol. The maximum absolute atomic E-state index is 14.4. The van der Waals surface area contributed by atoms with Gasteiger partial charge in [0.2, 0.25) is 11.7 Å². The first kappa shape index (κ1) is 20.1. The first-order chi connectivity index (χ1) is 14.4. The molecule has 9 heteroatoms. The minimum Gasteiger partial charge on any atom is -0.338 e. The van der Waals surface area contributed by atoms with Crippen LogP contribution in [-0.2, 0) is 4.79 Å². The summed E-state index contributed by atoms with van der Waals surface area (Å²) in [5.41, 5.74) is 8.74. The maximum atomic E-state index is 14.4. The summed E-state index contributed by atoms with van der Waals surface area (Å²) in [5, 5.41) is 13.7. The third-order valence-electron chi connectivity index (χ3n) is 5.58. The third kappa shape index (κ3) is 3.93. The molecule has 1 aliphatic rings. The molecule has 2 heterocycles. The number of nitrogens with one attached hydrogen (secondary N) is 1. The Morgan fingerprint density at radius 3 is 2.60 bits per heavy atom. The van der Waals surface area contributed by atoms with E-state index in [1.807, 2.05) is 19.1 Å². The van der Waals surface area contributed by atoms with E-state index in [1.165, 1.54) is 11.0 Å². The lowest BCUT2D eigenvalue weighted by Gasteiger charge is -2.25. The zero-order chi connectivity index (χ0) is 21.3. The number of rotatable bonds is 5. The van der Waals surface area contributed by atoms with Crippen LogP contribution in [0.5, 0.6) is 0 Å². The number of nitrogens with zero attached hydrogens (tertiary/aromatic N) is 4. The highest BCUT2D eigenvalue weighted by atomic mass is 19.1. The first-order valence-corrected chi connectivity index (χ1v) is 9.76. The van der Waals surface area contributed by atoms with Crippen molar-refractivity contribution >= 4 is 5.91 Å². The van der Waals surface area contributed by atoms with Gasteiger partial charge in [0.05, 0.1) is 12.6 Å². The molecule has 1 fully saturated rings. The fraction of sp³-hybridized carbons (Fsp3) is 0.333. The number of benzene rings is 2. The highest BCUT2D eigenvalue weighted by Gasteiger charge is 2.32. The topological polar surface area (TPSA) is 101 Å². The van der Waals surface area contributed by atoms with E-state index in [4.69, 9.17) is 5.73 Å². The van der Waals surface area contributed by atoms with Crippen LogP contribution in [0.2, 0.25) is 0 Å². The van der Waals surface area contributed by atoms with Crippen molar-refractivity contribution in [1.29, 1.82) is 0 Å². The van der Waals surface area contributed by atoms with Crippen LogP contribution in [0.15, 0.2) is 42.5 Å². The number of amides is 1. The number of alkyl halides is 1. The highest BCUT2D eigenvalue weighted by molar-refractivity contribution is 5.83. The SMILES string of the molecule is C[C@@H](c1ccc(-c2cc(-c3nn[nH]n3)ccc2F)cc1)[C@H](N)C(=O)N1CC[C@H](F)C1. The average Bonchev–Trinajstić information content (AvgIpc) is 3.45. The molecule has 0 bridgehead atoms. The van der Waals surface area contributed by atoms with Gasteiger partial charge in [-0.2, -0.15) is 5.21 Å². The number of aromatic amines is 1. The summed E-state index contributed by atoms with van der Waals surface area (Å²) in [6.45, 7) is 2.36. The third-order valence-corrected chi connectivity index (χ3v) is 5.58. The number of hydrogen-bond donors (Lipinski definition) is 2. The van der Waals surface area contributed by atoms with Gasteiger partial charge in [-0.15, -0.1) is 10.2 Å². The van der Waals surface area contributed by atoms with Crippen molar-refractivity contribution < 1.29 is 13.6 Å². The van der Waals surface area contributed by atoms with Crippen molar-refractivity contribution in [2.24, 2.45) is 5.73 Å². The predicted molar refractivity (Wildman–Crippen MR) is 107 cm³/mol. The Hall–Kier alpha value is -3.20. The van der Waals surface area contributed by atoms with Crippen LogP contribution in [0.3, 0.4) is 0 Å². The van der Waals surface area contributed by atoms with Gasteiger partial charge in [-0.05, 0) is 41.0 Å². The second kappa shape index (κ2) is 8.27. The molecule has 0 radical (unpaired) electrons. The molecule has 0 spiro atoms. The Morgan fingerprint density at radius 1 is 1.23 bits per heavy atom. The molecule has 156 valence electrons. The van der Waals surface area contributed by atoms with Gasteiger partial charge in [-0.1, -0.05) is 31.2 Å². The van der Waals surface area contributed by atoms with Crippen LogP contribution in [0.25, 0.3) is 22.5 Å². The van der Waals surface area contributed by atoms with Crippen LogP contribution in [-0.4, -0.2) is 56.7 Å². The molecule has 1 aliphatic heterocycles. The number of likely N-dealkylation sites (tertiary alicyclic amines) is 1. The average molecular weight is 412 g/mol. The number of hydrogen-bond acceptors (Lipinski definition) is 5. The minimum absolute atomic E-state index is 0.105. The molecule has 30 heavy (non-hydrogen) atoms. The van der Waals surface area contributed by atoms with Crippen LogP contribution in [0.4, 0.5) is 8.78 Å². The minimum atomic E-state index is -0.978. The van der Waals surface area contributed by atoms with Crippen LogP contribution in [0.1, 0.15) is 24.8 Å². The molecule has 0 aliphatic carbocycles. The lowest BCUT2D eigenvalue weighted by molar-refractivity contribution is -0.132. The van der Waals surface area contributed by atoms with Gasteiger partial charge in [0, 0.05) is 23.6 Å². The zero-order valence-corrected chi connectivity index (χ0v) is 16.4. The number of nitrogens with two attached hydrogens (primary N) is 1. The van der Waals surface area contributed by atoms with Gasteiger partial charge in [-0.3, -0.25) is 4.79 Å². The van der Waals surface area contributed by atoms with Crippen molar-refractivity contribution in [3.05, 3.63) is 53.8 Å². The molecule has 0 saturated carbocycles. The predicted octanol–water partition coefficient (Wildman–Crippen LogP) is 2.67. The number of carbonyl (C=O) groups is 1. The van der Waals surface area contributed by atoms with Crippen LogP contribution in [0, 0.1) is 5.82 Å². The normalized spacial score (nSPS) is 18.4. The van der Waals surface area contributed by atoms with Crippen molar-refractivity contribution in [1.82, 2.24) is 25.5 Å². The second-order valence-electron chi connectivity index (χ2n) is 7.54. The van der Waals surface area contributed by atoms with Crippen molar-refractivity contribution in [3.8, 4) is 22.5 Å². The lowest BCUT2D eigenvalue weighted by Crippen LogP contribution is -2.45. The van der Waals surface area contributed by atoms with Crippen molar-refractivity contribution in [2.45, 2.75) is 31.5 Å². The summed E-state index contributed by atoms with van der Waals surface area (Å²) >= 11 is 0. The first-order valence-electron chi connectivity index (χ1n) is 9.76. The van der Waals surface area contributed by atoms with E-state index in [9.17, 15) is 13.6 Å². The maximum Gasteiger partial charge on any atom is 0.240 e. The van der Waals surface area contributed by atoms with E-state index < -0.39 is 12.2 Å². The molecule has 1 amide bonds. The monoisotopic (exact) mass is 412 g/mol. The van der Waals surface area contributed by atoms with Crippen LogP contribution < -0.4 is 5.73 Å². The summed E-state index contributed by atoms with van der Waals surface area (Å²) in [5.74, 6) is -0.501. The van der Waals surface area contributed by atoms with Crippen molar-refractivity contribution in [2.75, 3.05) is 13.1 Å². The quantitative estimate of drug-likeness (QED) is 0.671. The number of carbonyl (C=O) groups excluding carboxylic acids is 1. The summed E-state index contributed by atoms with van der Waals surface area (Å²) in [6, 6.07) is 11.1. The molecule has 1 aromatic heterocycles. The van der Waals surface area contributed by atoms with E-state index in [2.05, 4.69) is 20.6 Å². The van der Waals surface area contributed by atoms with Crippen molar-refractivity contribution in [3.63, 3.8) is 0 Å². The molecule has 1 saturated heterocycles. The summed E-state index contributed by atoms with van der Waals surface area (Å²) in [4.78, 5) is 14.0. The molecule has 0 unspecified atom stereocenters. The summed E-state index contributed by atoms with van der Waals surface area (Å²) < 4.78 is 27.8. The Kier molecular flexibility index (Phi) is 5.54. The number of tetrazole rings is 1. The Bertz CT molecular complexity index is 1020. The Balaban J connectivity index is 1.53. The van der Waals surface area contributed by atoms with Gasteiger partial charge < -0.3 is 10.6 Å². The molecule has 4 rings (SSSR count). The van der Waals surface area contributed by atoms with Crippen LogP contribution >= 0.6 is 0 Å². The van der Waals surface area contributed by atoms with Gasteiger partial charge in [0.25, 0.3) is 0 Å². The smallest absolute Gasteiger partial charge is 0.240 e. The Morgan fingerprint density at radius 2 is 1.97 bits per heavy atom. The van der Waals surface area contributed by atoms with E-state index in [-0.39, 0.29) is 24.2 Å². The zero-order valence-electron chi connectivity index (χ0n) is 16.4. The molecular formula is C21H22F2N6O. The fourth-order valence-corrected chi connectivity index (χ4v) is 3.69. The van der Waals surface area contributed by atoms with E-state index >= 15 is 0 Å². The standard InChI is InChI=1S/C21H22F2N6O/c1-12(19(24)21(30)29-9-8-16(22)11-29)13-2-4-14(5-3-13)17-10-15(6-7-18(17)23)20-25-27-28-26-20/h2-7,10,12,16,19H,8-9,11,24H2,1H3,(H,25,26,27,28)/t12-,16-,19-/m0/s1. The fourth-order valence-electron chi connectivity index (χ4n) is 3.69. The number of H-pyrrole nitrogens is 1. The van der Waals surface area contributed by atoms with Gasteiger partial charge in [0.1, 0.15) is 12.0 Å². The Labute approximate surface area is 172 Å². The van der Waals surface area contributed by atoms with Gasteiger partial charge >= 0.3 is 0 Å². The molecule has 7 nitrogen and oxygen atoms in total. The molecule has 3 N–H and O–H groups in total. The number of aromatic nitrogens is 4. The number of halogens is 2. The molecule has 3 atom stereocenters.